The minimum absolute atomic E-state index is 0.560. The molecular formula is C12H19N5S. The fourth-order valence-corrected chi connectivity index (χ4v) is 2.88. The molecule has 0 spiro atoms. The predicted molar refractivity (Wildman–Crippen MR) is 72.1 cm³/mol. The molecule has 6 heteroatoms. The van der Waals surface area contributed by atoms with Gasteiger partial charge in [0.25, 0.3) is 0 Å². The van der Waals surface area contributed by atoms with Gasteiger partial charge in [0.05, 0.1) is 0 Å². The normalized spacial score (nSPS) is 15.9. The number of nitrogens with zero attached hydrogens (tertiary/aromatic N) is 4. The summed E-state index contributed by atoms with van der Waals surface area (Å²) >= 11 is 1.67. The van der Waals surface area contributed by atoms with Crippen LogP contribution < -0.4 is 5.32 Å². The zero-order valence-corrected chi connectivity index (χ0v) is 11.7. The van der Waals surface area contributed by atoms with Crippen molar-refractivity contribution in [3.8, 4) is 0 Å². The van der Waals surface area contributed by atoms with Gasteiger partial charge >= 0.3 is 0 Å². The van der Waals surface area contributed by atoms with Crippen LogP contribution >= 0.6 is 11.3 Å². The second-order valence-corrected chi connectivity index (χ2v) is 6.28. The molecule has 2 heterocycles. The minimum atomic E-state index is 0.560. The van der Waals surface area contributed by atoms with Crippen LogP contribution in [0.25, 0.3) is 4.96 Å². The molecule has 0 atom stereocenters. The molecule has 0 amide bonds. The smallest absolute Gasteiger partial charge is 0.234 e. The maximum atomic E-state index is 4.63. The van der Waals surface area contributed by atoms with Crippen molar-refractivity contribution in [2.45, 2.75) is 51.5 Å². The highest BCUT2D eigenvalue weighted by Gasteiger charge is 2.29. The molecule has 0 saturated heterocycles. The largest absolute Gasteiger partial charge is 0.315 e. The number of aryl methyl sites for hydroxylation is 1. The van der Waals surface area contributed by atoms with Gasteiger partial charge in [-0.3, -0.25) is 0 Å². The average molecular weight is 265 g/mol. The van der Waals surface area contributed by atoms with Crippen LogP contribution in [0.3, 0.4) is 0 Å². The van der Waals surface area contributed by atoms with Crippen molar-refractivity contribution in [1.29, 1.82) is 0 Å². The quantitative estimate of drug-likeness (QED) is 0.812. The lowest BCUT2D eigenvalue weighted by Gasteiger charge is -2.05. The van der Waals surface area contributed by atoms with Crippen molar-refractivity contribution < 1.29 is 0 Å². The molecule has 0 radical (unpaired) electrons. The fourth-order valence-electron chi connectivity index (χ4n) is 2.00. The molecule has 18 heavy (non-hydrogen) atoms. The Morgan fingerprint density at radius 1 is 1.39 bits per heavy atom. The third kappa shape index (κ3) is 2.54. The van der Waals surface area contributed by atoms with Gasteiger partial charge in [0, 0.05) is 18.4 Å². The van der Waals surface area contributed by atoms with E-state index >= 15 is 0 Å². The Bertz CT molecular complexity index is 526. The van der Waals surface area contributed by atoms with Gasteiger partial charge in [-0.15, -0.1) is 10.2 Å². The zero-order valence-electron chi connectivity index (χ0n) is 10.9. The van der Waals surface area contributed by atoms with E-state index in [1.165, 1.54) is 17.8 Å². The molecule has 0 aromatic carbocycles. The van der Waals surface area contributed by atoms with E-state index in [-0.39, 0.29) is 0 Å². The first kappa shape index (κ1) is 12.0. The van der Waals surface area contributed by atoms with Crippen LogP contribution in [0, 0.1) is 0 Å². The summed E-state index contributed by atoms with van der Waals surface area (Å²) in [7, 11) is 0. The molecule has 0 aliphatic heterocycles. The van der Waals surface area contributed by atoms with Crippen LogP contribution in [0.2, 0.25) is 0 Å². The Balaban J connectivity index is 1.62. The van der Waals surface area contributed by atoms with Gasteiger partial charge in [-0.1, -0.05) is 25.2 Å². The molecule has 5 nitrogen and oxygen atoms in total. The van der Waals surface area contributed by atoms with Gasteiger partial charge in [0.1, 0.15) is 5.01 Å². The fraction of sp³-hybridized carbons (Fsp3) is 0.750. The number of aromatic nitrogens is 4. The summed E-state index contributed by atoms with van der Waals surface area (Å²) in [4.78, 5) is 0.948. The van der Waals surface area contributed by atoms with E-state index in [0.717, 1.165) is 30.2 Å². The van der Waals surface area contributed by atoms with Gasteiger partial charge in [0.15, 0.2) is 5.82 Å². The van der Waals surface area contributed by atoms with Gasteiger partial charge < -0.3 is 5.32 Å². The number of fused-ring (bicyclic) bond motifs is 1. The van der Waals surface area contributed by atoms with E-state index < -0.39 is 0 Å². The molecule has 3 rings (SSSR count). The topological polar surface area (TPSA) is 55.1 Å². The van der Waals surface area contributed by atoms with Crippen LogP contribution in [0.1, 0.15) is 49.9 Å². The Morgan fingerprint density at radius 3 is 2.94 bits per heavy atom. The lowest BCUT2D eigenvalue weighted by molar-refractivity contribution is 0.569. The molecule has 1 aliphatic rings. The summed E-state index contributed by atoms with van der Waals surface area (Å²) in [6.07, 6.45) is 4.64. The lowest BCUT2D eigenvalue weighted by atomic mass is 10.3. The van der Waals surface area contributed by atoms with Crippen LogP contribution in [0.5, 0.6) is 0 Å². The number of hydrogen-bond acceptors (Lipinski definition) is 5. The van der Waals surface area contributed by atoms with E-state index in [1.807, 2.05) is 4.52 Å². The second kappa shape index (κ2) is 4.93. The predicted octanol–water partition coefficient (Wildman–Crippen LogP) is 1.99. The van der Waals surface area contributed by atoms with Gasteiger partial charge in [-0.05, 0) is 25.8 Å². The first-order chi connectivity index (χ1) is 8.74. The van der Waals surface area contributed by atoms with Crippen molar-refractivity contribution in [2.24, 2.45) is 0 Å². The van der Waals surface area contributed by atoms with E-state index in [1.54, 1.807) is 11.3 Å². The standard InChI is InChI=1S/C12H19N5S/c1-8(2)13-7-3-4-10-16-17-11(9-5-6-9)14-15-12(17)18-10/h8-9,13H,3-7H2,1-2H3. The third-order valence-corrected chi connectivity index (χ3v) is 4.08. The van der Waals surface area contributed by atoms with E-state index in [4.69, 9.17) is 0 Å². The van der Waals surface area contributed by atoms with Gasteiger partial charge in [-0.25, -0.2) is 0 Å². The number of hydrogen-bond donors (Lipinski definition) is 1. The maximum absolute atomic E-state index is 4.63. The highest BCUT2D eigenvalue weighted by atomic mass is 32.1. The van der Waals surface area contributed by atoms with E-state index in [0.29, 0.717) is 12.0 Å². The molecule has 2 aromatic rings. The Hall–Kier alpha value is -1.01. The summed E-state index contributed by atoms with van der Waals surface area (Å²) in [5.74, 6) is 1.67. The Labute approximate surface area is 111 Å². The van der Waals surface area contributed by atoms with Crippen LogP contribution in [0.4, 0.5) is 0 Å². The maximum Gasteiger partial charge on any atom is 0.234 e. The zero-order chi connectivity index (χ0) is 12.5. The van der Waals surface area contributed by atoms with Crippen molar-refractivity contribution in [3.63, 3.8) is 0 Å². The van der Waals surface area contributed by atoms with Crippen LogP contribution in [-0.4, -0.2) is 32.4 Å². The van der Waals surface area contributed by atoms with E-state index in [9.17, 15) is 0 Å². The highest BCUT2D eigenvalue weighted by Crippen LogP contribution is 2.39. The summed E-state index contributed by atoms with van der Waals surface area (Å²) in [6.45, 7) is 5.39. The molecule has 2 aromatic heterocycles. The molecule has 1 N–H and O–H groups in total. The SMILES string of the molecule is CC(C)NCCCc1nn2c(C3CC3)nnc2s1. The molecule has 1 saturated carbocycles. The van der Waals surface area contributed by atoms with E-state index in [2.05, 4.69) is 34.5 Å². The first-order valence-electron chi connectivity index (χ1n) is 6.68. The van der Waals surface area contributed by atoms with Gasteiger partial charge in [0.2, 0.25) is 4.96 Å². The van der Waals surface area contributed by atoms with Crippen LogP contribution in [-0.2, 0) is 6.42 Å². The van der Waals surface area contributed by atoms with Crippen molar-refractivity contribution in [1.82, 2.24) is 25.1 Å². The highest BCUT2D eigenvalue weighted by molar-refractivity contribution is 7.16. The van der Waals surface area contributed by atoms with Crippen molar-refractivity contribution >= 4 is 16.3 Å². The minimum Gasteiger partial charge on any atom is -0.315 e. The summed E-state index contributed by atoms with van der Waals surface area (Å²) in [5, 5.41) is 17.7. The Morgan fingerprint density at radius 2 is 2.22 bits per heavy atom. The Kier molecular flexibility index (Phi) is 3.30. The van der Waals surface area contributed by atoms with Crippen LogP contribution in [0.15, 0.2) is 0 Å². The summed E-state index contributed by atoms with van der Waals surface area (Å²) in [6, 6.07) is 0.560. The lowest BCUT2D eigenvalue weighted by Crippen LogP contribution is -2.23. The van der Waals surface area contributed by atoms with Gasteiger partial charge in [-0.2, -0.15) is 9.61 Å². The molecule has 1 fully saturated rings. The summed E-state index contributed by atoms with van der Waals surface area (Å²) < 4.78 is 1.95. The van der Waals surface area contributed by atoms with Crippen molar-refractivity contribution in [2.75, 3.05) is 6.54 Å². The molecular weight excluding hydrogens is 246 g/mol. The second-order valence-electron chi connectivity index (χ2n) is 5.24. The third-order valence-electron chi connectivity index (χ3n) is 3.12. The number of rotatable bonds is 6. The average Bonchev–Trinajstić information content (AvgIpc) is 2.97. The summed E-state index contributed by atoms with van der Waals surface area (Å²) in [5.41, 5.74) is 0. The monoisotopic (exact) mass is 265 g/mol. The molecule has 0 unspecified atom stereocenters. The molecule has 98 valence electrons. The first-order valence-corrected chi connectivity index (χ1v) is 7.50. The number of nitrogens with one attached hydrogen (secondary N) is 1. The van der Waals surface area contributed by atoms with Crippen molar-refractivity contribution in [3.05, 3.63) is 10.8 Å². The molecule has 0 bridgehead atoms. The molecule has 1 aliphatic carbocycles.